The average Bonchev–Trinajstić information content (AvgIpc) is 2.86. The van der Waals surface area contributed by atoms with Gasteiger partial charge in [-0.15, -0.1) is 0 Å². The Bertz CT molecular complexity index is 787. The van der Waals surface area contributed by atoms with Crippen LogP contribution in [0.2, 0.25) is 5.02 Å². The second kappa shape index (κ2) is 5.92. The molecular weight excluding hydrogens is 320 g/mol. The molecule has 0 saturated heterocycles. The number of aromatic nitrogens is 2. The molecule has 0 aliphatic carbocycles. The Labute approximate surface area is 137 Å². The van der Waals surface area contributed by atoms with Crippen molar-refractivity contribution in [3.63, 3.8) is 0 Å². The highest BCUT2D eigenvalue weighted by Crippen LogP contribution is 2.29. The molecule has 7 nitrogen and oxygen atoms in total. The topological polar surface area (TPSA) is 85.2 Å². The lowest BCUT2D eigenvalue weighted by Gasteiger charge is -2.23. The molecule has 3 rings (SSSR count). The Morgan fingerprint density at radius 1 is 1.48 bits per heavy atom. The van der Waals surface area contributed by atoms with E-state index in [4.69, 9.17) is 16.3 Å². The number of nitrogens with one attached hydrogen (secondary N) is 2. The number of fused-ring (bicyclic) bond motifs is 1. The van der Waals surface area contributed by atoms with Gasteiger partial charge in [0.2, 0.25) is 11.8 Å². The van der Waals surface area contributed by atoms with Gasteiger partial charge in [0.05, 0.1) is 24.2 Å². The number of carbonyl (C=O) groups is 2. The van der Waals surface area contributed by atoms with Crippen LogP contribution in [0.3, 0.4) is 0 Å². The van der Waals surface area contributed by atoms with Crippen LogP contribution in [0.4, 0.5) is 11.5 Å². The molecule has 0 fully saturated rings. The molecule has 0 unspecified atom stereocenters. The maximum Gasteiger partial charge on any atom is 0.249 e. The van der Waals surface area contributed by atoms with Crippen LogP contribution in [-0.4, -0.2) is 28.7 Å². The van der Waals surface area contributed by atoms with Gasteiger partial charge in [-0.05, 0) is 25.1 Å². The predicted octanol–water partition coefficient (Wildman–Crippen LogP) is 2.38. The van der Waals surface area contributed by atoms with Gasteiger partial charge in [0, 0.05) is 11.8 Å². The minimum atomic E-state index is -0.701. The van der Waals surface area contributed by atoms with Gasteiger partial charge in [0.15, 0.2) is 0 Å². The number of carbonyl (C=O) groups excluding carboxylic acids is 2. The van der Waals surface area contributed by atoms with Crippen molar-refractivity contribution in [3.8, 4) is 5.75 Å². The molecular formula is C15H15ClN4O3. The Balaban J connectivity index is 1.83. The normalized spacial score (nSPS) is 16.5. The van der Waals surface area contributed by atoms with Crippen LogP contribution in [0.1, 0.15) is 18.2 Å². The van der Waals surface area contributed by atoms with Crippen molar-refractivity contribution < 1.29 is 14.3 Å². The Hall–Kier alpha value is -2.54. The average molecular weight is 335 g/mol. The monoisotopic (exact) mass is 334 g/mol. The molecule has 2 N–H and O–H groups in total. The van der Waals surface area contributed by atoms with Crippen LogP contribution in [0, 0.1) is 6.92 Å². The highest BCUT2D eigenvalue weighted by Gasteiger charge is 2.31. The summed E-state index contributed by atoms with van der Waals surface area (Å²) < 4.78 is 6.60. The molecule has 1 aliphatic heterocycles. The molecule has 0 radical (unpaired) electrons. The number of hydrogen-bond acceptors (Lipinski definition) is 4. The lowest BCUT2D eigenvalue weighted by atomic mass is 10.1. The molecule has 0 spiro atoms. The summed E-state index contributed by atoms with van der Waals surface area (Å²) in [4.78, 5) is 24.3. The van der Waals surface area contributed by atoms with Gasteiger partial charge < -0.3 is 15.4 Å². The molecule has 0 saturated carbocycles. The maximum atomic E-state index is 12.5. The zero-order valence-electron chi connectivity index (χ0n) is 12.6. The van der Waals surface area contributed by atoms with Crippen molar-refractivity contribution >= 4 is 34.9 Å². The number of methoxy groups -OCH3 is 1. The minimum absolute atomic E-state index is 0.0316. The number of ether oxygens (including phenoxy) is 1. The highest BCUT2D eigenvalue weighted by atomic mass is 35.5. The van der Waals surface area contributed by atoms with Crippen LogP contribution in [-0.2, 0) is 9.59 Å². The van der Waals surface area contributed by atoms with Crippen LogP contribution in [0.25, 0.3) is 0 Å². The van der Waals surface area contributed by atoms with Crippen molar-refractivity contribution in [2.45, 2.75) is 19.4 Å². The van der Waals surface area contributed by atoms with E-state index in [0.717, 1.165) is 5.69 Å². The van der Waals surface area contributed by atoms with E-state index in [0.29, 0.717) is 22.3 Å². The van der Waals surface area contributed by atoms with Crippen LogP contribution >= 0.6 is 11.6 Å². The first kappa shape index (κ1) is 15.4. The van der Waals surface area contributed by atoms with Gasteiger partial charge in [-0.1, -0.05) is 11.6 Å². The summed E-state index contributed by atoms with van der Waals surface area (Å²) >= 11 is 6.05. The number of nitrogens with zero attached hydrogens (tertiary/aromatic N) is 2. The number of halogens is 1. The molecule has 120 valence electrons. The van der Waals surface area contributed by atoms with E-state index >= 15 is 0 Å². The predicted molar refractivity (Wildman–Crippen MR) is 85.9 cm³/mol. The van der Waals surface area contributed by atoms with Gasteiger partial charge in [0.25, 0.3) is 0 Å². The Kier molecular flexibility index (Phi) is 3.96. The molecule has 1 aliphatic rings. The first-order chi connectivity index (χ1) is 11.0. The van der Waals surface area contributed by atoms with Crippen LogP contribution < -0.4 is 15.4 Å². The van der Waals surface area contributed by atoms with E-state index in [-0.39, 0.29) is 18.2 Å². The molecule has 1 aromatic carbocycles. The van der Waals surface area contributed by atoms with E-state index in [1.54, 1.807) is 31.2 Å². The van der Waals surface area contributed by atoms with Crippen molar-refractivity contribution in [1.29, 1.82) is 0 Å². The number of benzene rings is 1. The maximum absolute atomic E-state index is 12.5. The quantitative estimate of drug-likeness (QED) is 0.902. The highest BCUT2D eigenvalue weighted by molar-refractivity contribution is 6.32. The molecule has 2 aromatic rings. The standard InChI is InChI=1S/C15H15ClN4O3/c1-8-5-13-18-14(21)7-11(20(13)19-8)15(22)17-9-3-4-12(23-2)10(16)6-9/h3-6,11H,7H2,1-2H3,(H,17,22)(H,18,21)/t11-/m0/s1. The second-order valence-corrected chi connectivity index (χ2v) is 5.63. The summed E-state index contributed by atoms with van der Waals surface area (Å²) in [5.41, 5.74) is 1.25. The second-order valence-electron chi connectivity index (χ2n) is 5.22. The fourth-order valence-electron chi connectivity index (χ4n) is 2.48. The summed E-state index contributed by atoms with van der Waals surface area (Å²) in [6, 6.07) is 5.96. The number of hydrogen-bond donors (Lipinski definition) is 2. The molecule has 1 atom stereocenters. The molecule has 1 aromatic heterocycles. The molecule has 0 bridgehead atoms. The van der Waals surface area contributed by atoms with Crippen molar-refractivity contribution in [2.75, 3.05) is 17.7 Å². The largest absolute Gasteiger partial charge is 0.495 e. The number of anilines is 2. The summed E-state index contributed by atoms with van der Waals surface area (Å²) in [7, 11) is 1.52. The van der Waals surface area contributed by atoms with Gasteiger partial charge in [-0.2, -0.15) is 5.10 Å². The Morgan fingerprint density at radius 3 is 2.96 bits per heavy atom. The summed E-state index contributed by atoms with van der Waals surface area (Å²) in [6.07, 6.45) is 0.0316. The molecule has 8 heteroatoms. The van der Waals surface area contributed by atoms with Crippen LogP contribution in [0.15, 0.2) is 24.3 Å². The zero-order valence-corrected chi connectivity index (χ0v) is 13.3. The minimum Gasteiger partial charge on any atom is -0.495 e. The third kappa shape index (κ3) is 3.00. The molecule has 2 heterocycles. The lowest BCUT2D eigenvalue weighted by molar-refractivity contribution is -0.125. The van der Waals surface area contributed by atoms with E-state index in [1.165, 1.54) is 11.8 Å². The first-order valence-corrected chi connectivity index (χ1v) is 7.36. The van der Waals surface area contributed by atoms with Gasteiger partial charge >= 0.3 is 0 Å². The van der Waals surface area contributed by atoms with Crippen LogP contribution in [0.5, 0.6) is 5.75 Å². The van der Waals surface area contributed by atoms with Crippen molar-refractivity contribution in [3.05, 3.63) is 35.0 Å². The molecule has 23 heavy (non-hydrogen) atoms. The lowest BCUT2D eigenvalue weighted by Crippen LogP contribution is -2.35. The third-order valence-corrected chi connectivity index (χ3v) is 3.82. The van der Waals surface area contributed by atoms with Crippen molar-refractivity contribution in [2.24, 2.45) is 0 Å². The van der Waals surface area contributed by atoms with E-state index in [2.05, 4.69) is 15.7 Å². The van der Waals surface area contributed by atoms with Crippen molar-refractivity contribution in [1.82, 2.24) is 9.78 Å². The summed E-state index contributed by atoms with van der Waals surface area (Å²) in [6.45, 7) is 1.80. The van der Waals surface area contributed by atoms with E-state index in [1.807, 2.05) is 0 Å². The number of aryl methyl sites for hydroxylation is 1. The fourth-order valence-corrected chi connectivity index (χ4v) is 2.73. The van der Waals surface area contributed by atoms with E-state index < -0.39 is 6.04 Å². The van der Waals surface area contributed by atoms with Gasteiger partial charge in [0.1, 0.15) is 17.6 Å². The first-order valence-electron chi connectivity index (χ1n) is 6.98. The third-order valence-electron chi connectivity index (χ3n) is 3.52. The van der Waals surface area contributed by atoms with Gasteiger partial charge in [-0.25, -0.2) is 4.68 Å². The number of amides is 2. The smallest absolute Gasteiger partial charge is 0.249 e. The van der Waals surface area contributed by atoms with Gasteiger partial charge in [-0.3, -0.25) is 9.59 Å². The fraction of sp³-hybridized carbons (Fsp3) is 0.267. The SMILES string of the molecule is COc1ccc(NC(=O)[C@@H]2CC(=O)Nc3cc(C)nn32)cc1Cl. The summed E-state index contributed by atoms with van der Waals surface area (Å²) in [5, 5.41) is 10.1. The summed E-state index contributed by atoms with van der Waals surface area (Å²) in [5.74, 6) is 0.495. The molecule has 2 amide bonds. The Morgan fingerprint density at radius 2 is 2.26 bits per heavy atom. The number of rotatable bonds is 3. The van der Waals surface area contributed by atoms with E-state index in [9.17, 15) is 9.59 Å². The zero-order chi connectivity index (χ0) is 16.6.